The first-order valence-electron chi connectivity index (χ1n) is 8.36. The van der Waals surface area contributed by atoms with Crippen LogP contribution in [-0.4, -0.2) is 0 Å². The minimum absolute atomic E-state index is 0.813. The standard InChI is InChI=1S/C25H17N/c26-19-18-25(23-14-8-3-9-15-23)24(20-22-12-6-2-7-13-22)17-16-21-10-4-1-5-11-21/h1-15,18,20H/b24-20+,25-18+. The molecule has 0 spiro atoms. The minimum Gasteiger partial charge on any atom is -0.193 e. The van der Waals surface area contributed by atoms with Crippen molar-refractivity contribution < 1.29 is 0 Å². The summed E-state index contributed by atoms with van der Waals surface area (Å²) < 4.78 is 0. The highest BCUT2D eigenvalue weighted by Gasteiger charge is 2.06. The van der Waals surface area contributed by atoms with Gasteiger partial charge in [-0.3, -0.25) is 0 Å². The third-order valence-electron chi connectivity index (χ3n) is 3.81. The van der Waals surface area contributed by atoms with Crippen molar-refractivity contribution in [2.75, 3.05) is 0 Å². The molecule has 1 nitrogen and oxygen atoms in total. The molecular formula is C25H17N. The van der Waals surface area contributed by atoms with Crippen LogP contribution >= 0.6 is 0 Å². The van der Waals surface area contributed by atoms with Crippen LogP contribution in [0.5, 0.6) is 0 Å². The van der Waals surface area contributed by atoms with E-state index in [2.05, 4.69) is 17.9 Å². The number of allylic oxidation sites excluding steroid dienone is 3. The van der Waals surface area contributed by atoms with Gasteiger partial charge < -0.3 is 0 Å². The first-order chi connectivity index (χ1) is 12.9. The molecule has 0 radical (unpaired) electrons. The molecule has 0 atom stereocenters. The fraction of sp³-hybridized carbons (Fsp3) is 0. The van der Waals surface area contributed by atoms with E-state index in [0.717, 1.165) is 27.8 Å². The summed E-state index contributed by atoms with van der Waals surface area (Å²) in [5.74, 6) is 6.46. The molecule has 26 heavy (non-hydrogen) atoms. The Morgan fingerprint density at radius 3 is 1.92 bits per heavy atom. The normalized spacial score (nSPS) is 11.2. The SMILES string of the molecule is N#C/C=C(/C(C#Cc1ccccc1)=C/c1ccccc1)c1ccccc1. The second kappa shape index (κ2) is 8.88. The molecule has 0 aliphatic heterocycles. The van der Waals surface area contributed by atoms with Crippen LogP contribution in [0.4, 0.5) is 0 Å². The lowest BCUT2D eigenvalue weighted by Crippen LogP contribution is -1.89. The molecule has 122 valence electrons. The summed E-state index contributed by atoms with van der Waals surface area (Å²) >= 11 is 0. The van der Waals surface area contributed by atoms with Crippen LogP contribution in [0.3, 0.4) is 0 Å². The van der Waals surface area contributed by atoms with Gasteiger partial charge in [-0.25, -0.2) is 0 Å². The van der Waals surface area contributed by atoms with Crippen molar-refractivity contribution >= 4 is 11.6 Å². The van der Waals surface area contributed by atoms with E-state index in [4.69, 9.17) is 0 Å². The highest BCUT2D eigenvalue weighted by atomic mass is 14.2. The van der Waals surface area contributed by atoms with Gasteiger partial charge in [0.1, 0.15) is 0 Å². The van der Waals surface area contributed by atoms with Crippen molar-refractivity contribution in [3.63, 3.8) is 0 Å². The van der Waals surface area contributed by atoms with E-state index in [9.17, 15) is 5.26 Å². The zero-order chi connectivity index (χ0) is 18.0. The predicted octanol–water partition coefficient (Wildman–Crippen LogP) is 5.73. The summed E-state index contributed by atoms with van der Waals surface area (Å²) in [7, 11) is 0. The number of nitrogens with zero attached hydrogens (tertiary/aromatic N) is 1. The highest BCUT2D eigenvalue weighted by Crippen LogP contribution is 2.24. The molecule has 0 unspecified atom stereocenters. The number of hydrogen-bond acceptors (Lipinski definition) is 1. The summed E-state index contributed by atoms with van der Waals surface area (Å²) in [4.78, 5) is 0. The van der Waals surface area contributed by atoms with Crippen LogP contribution in [0.2, 0.25) is 0 Å². The maximum absolute atomic E-state index is 9.30. The fourth-order valence-electron chi connectivity index (χ4n) is 2.56. The Hall–Kier alpha value is -3.81. The quantitative estimate of drug-likeness (QED) is 0.342. The molecule has 0 fully saturated rings. The van der Waals surface area contributed by atoms with E-state index in [1.807, 2.05) is 97.1 Å². The van der Waals surface area contributed by atoms with Crippen molar-refractivity contribution in [3.05, 3.63) is 119 Å². The molecule has 0 N–H and O–H groups in total. The Morgan fingerprint density at radius 2 is 1.31 bits per heavy atom. The summed E-state index contributed by atoms with van der Waals surface area (Å²) in [6, 6.07) is 31.9. The second-order valence-electron chi connectivity index (χ2n) is 5.64. The van der Waals surface area contributed by atoms with Gasteiger partial charge in [-0.2, -0.15) is 5.26 Å². The summed E-state index contributed by atoms with van der Waals surface area (Å²) in [5, 5.41) is 9.30. The first kappa shape index (κ1) is 17.0. The van der Waals surface area contributed by atoms with E-state index in [1.54, 1.807) is 6.08 Å². The largest absolute Gasteiger partial charge is 0.193 e. The second-order valence-corrected chi connectivity index (χ2v) is 5.64. The average Bonchev–Trinajstić information content (AvgIpc) is 2.72. The predicted molar refractivity (Wildman–Crippen MR) is 108 cm³/mol. The topological polar surface area (TPSA) is 23.8 Å². The lowest BCUT2D eigenvalue weighted by molar-refractivity contribution is 1.52. The number of rotatable bonds is 3. The molecule has 0 aliphatic rings. The third-order valence-corrected chi connectivity index (χ3v) is 3.81. The third kappa shape index (κ3) is 4.60. The van der Waals surface area contributed by atoms with Crippen molar-refractivity contribution in [3.8, 4) is 17.9 Å². The molecule has 0 aliphatic carbocycles. The molecule has 0 heterocycles. The van der Waals surface area contributed by atoms with Gasteiger partial charge in [-0.15, -0.1) is 0 Å². The maximum Gasteiger partial charge on any atom is 0.0918 e. The fourth-order valence-corrected chi connectivity index (χ4v) is 2.56. The molecule has 3 aromatic carbocycles. The van der Waals surface area contributed by atoms with Gasteiger partial charge in [0.15, 0.2) is 0 Å². The van der Waals surface area contributed by atoms with Crippen LogP contribution in [0.15, 0.2) is 103 Å². The molecule has 0 amide bonds. The average molecular weight is 331 g/mol. The van der Waals surface area contributed by atoms with E-state index >= 15 is 0 Å². The zero-order valence-electron chi connectivity index (χ0n) is 14.3. The van der Waals surface area contributed by atoms with E-state index in [-0.39, 0.29) is 0 Å². The van der Waals surface area contributed by atoms with Gasteiger partial charge in [0, 0.05) is 22.8 Å². The van der Waals surface area contributed by atoms with Gasteiger partial charge in [-0.05, 0) is 29.3 Å². The lowest BCUT2D eigenvalue weighted by Gasteiger charge is -2.07. The summed E-state index contributed by atoms with van der Waals surface area (Å²) in [6.45, 7) is 0. The van der Waals surface area contributed by atoms with Gasteiger partial charge >= 0.3 is 0 Å². The summed E-state index contributed by atoms with van der Waals surface area (Å²) in [5.41, 5.74) is 4.59. The number of hydrogen-bond donors (Lipinski definition) is 0. The molecule has 0 saturated carbocycles. The number of nitriles is 1. The monoisotopic (exact) mass is 331 g/mol. The Morgan fingerprint density at radius 1 is 0.731 bits per heavy atom. The van der Waals surface area contributed by atoms with Crippen LogP contribution in [0.25, 0.3) is 11.6 Å². The van der Waals surface area contributed by atoms with Crippen molar-refractivity contribution in [2.45, 2.75) is 0 Å². The van der Waals surface area contributed by atoms with Crippen molar-refractivity contribution in [2.24, 2.45) is 0 Å². The molecule has 3 rings (SSSR count). The zero-order valence-corrected chi connectivity index (χ0v) is 14.3. The van der Waals surface area contributed by atoms with Crippen molar-refractivity contribution in [1.29, 1.82) is 5.26 Å². The van der Waals surface area contributed by atoms with Crippen molar-refractivity contribution in [1.82, 2.24) is 0 Å². The molecular weight excluding hydrogens is 314 g/mol. The minimum atomic E-state index is 0.813. The summed E-state index contributed by atoms with van der Waals surface area (Å²) in [6.07, 6.45) is 3.58. The Bertz CT molecular complexity index is 1010. The van der Waals surface area contributed by atoms with Gasteiger partial charge in [0.05, 0.1) is 6.07 Å². The highest BCUT2D eigenvalue weighted by molar-refractivity contribution is 5.90. The Labute approximate surface area is 154 Å². The van der Waals surface area contributed by atoms with Crippen LogP contribution in [0.1, 0.15) is 16.7 Å². The molecule has 3 aromatic rings. The van der Waals surface area contributed by atoms with Crippen LogP contribution in [0, 0.1) is 23.2 Å². The van der Waals surface area contributed by atoms with Crippen LogP contribution in [-0.2, 0) is 0 Å². The van der Waals surface area contributed by atoms with Gasteiger partial charge in [0.2, 0.25) is 0 Å². The number of benzene rings is 3. The Kier molecular flexibility index (Phi) is 5.81. The van der Waals surface area contributed by atoms with Gasteiger partial charge in [-0.1, -0.05) is 90.7 Å². The molecule has 0 aromatic heterocycles. The molecule has 1 heteroatoms. The van der Waals surface area contributed by atoms with Gasteiger partial charge in [0.25, 0.3) is 0 Å². The van der Waals surface area contributed by atoms with E-state index in [1.165, 1.54) is 0 Å². The molecule has 0 bridgehead atoms. The lowest BCUT2D eigenvalue weighted by atomic mass is 9.95. The first-order valence-corrected chi connectivity index (χ1v) is 8.36. The smallest absolute Gasteiger partial charge is 0.0918 e. The van der Waals surface area contributed by atoms with E-state index < -0.39 is 0 Å². The maximum atomic E-state index is 9.30. The van der Waals surface area contributed by atoms with Crippen LogP contribution < -0.4 is 0 Å². The molecule has 0 saturated heterocycles. The Balaban J connectivity index is 2.11. The van der Waals surface area contributed by atoms with E-state index in [0.29, 0.717) is 0 Å².